The molecule has 0 bridgehead atoms. The van der Waals surface area contributed by atoms with Crippen LogP contribution >= 0.6 is 11.3 Å². The summed E-state index contributed by atoms with van der Waals surface area (Å²) < 4.78 is 0. The largest absolute Gasteiger partial charge is 0.345 e. The predicted molar refractivity (Wildman–Crippen MR) is 66.6 cm³/mol. The van der Waals surface area contributed by atoms with Crippen LogP contribution in [0.5, 0.6) is 0 Å². The van der Waals surface area contributed by atoms with Gasteiger partial charge in [0.15, 0.2) is 0 Å². The summed E-state index contributed by atoms with van der Waals surface area (Å²) in [6.07, 6.45) is 0. The zero-order chi connectivity index (χ0) is 11.4. The number of nitrogens with one attached hydrogen (secondary N) is 1. The first-order chi connectivity index (χ1) is 7.77. The first kappa shape index (κ1) is 10.9. The second kappa shape index (κ2) is 4.94. The Morgan fingerprint density at radius 2 is 1.94 bits per heavy atom. The third kappa shape index (κ3) is 2.49. The van der Waals surface area contributed by atoms with E-state index >= 15 is 0 Å². The lowest BCUT2D eigenvalue weighted by molar-refractivity contribution is 0.0940. The van der Waals surface area contributed by atoms with E-state index in [1.807, 2.05) is 54.8 Å². The molecular weight excluding hydrogens is 218 g/mol. The van der Waals surface area contributed by atoms with Crippen LogP contribution in [-0.4, -0.2) is 5.91 Å². The standard InChI is InChI=1S/C13H13NOS/c1-10(12-8-5-9-16-12)14-13(15)11-6-3-2-4-7-11/h2-10H,1H3,(H,14,15). The number of rotatable bonds is 3. The maximum absolute atomic E-state index is 11.8. The molecule has 1 aromatic heterocycles. The van der Waals surface area contributed by atoms with E-state index in [1.54, 1.807) is 11.3 Å². The van der Waals surface area contributed by atoms with Crippen LogP contribution in [0, 0.1) is 0 Å². The molecule has 0 fully saturated rings. The van der Waals surface area contributed by atoms with Crippen LogP contribution in [0.2, 0.25) is 0 Å². The summed E-state index contributed by atoms with van der Waals surface area (Å²) >= 11 is 1.65. The molecule has 0 radical (unpaired) electrons. The number of benzene rings is 1. The van der Waals surface area contributed by atoms with E-state index < -0.39 is 0 Å². The number of carbonyl (C=O) groups excluding carboxylic acids is 1. The fourth-order valence-electron chi connectivity index (χ4n) is 1.48. The second-order valence-electron chi connectivity index (χ2n) is 3.58. The molecule has 1 atom stereocenters. The van der Waals surface area contributed by atoms with Crippen molar-refractivity contribution < 1.29 is 4.79 Å². The van der Waals surface area contributed by atoms with Gasteiger partial charge in [0, 0.05) is 10.4 Å². The quantitative estimate of drug-likeness (QED) is 0.863. The molecule has 3 heteroatoms. The molecule has 1 heterocycles. The molecule has 2 nitrogen and oxygen atoms in total. The average molecular weight is 231 g/mol. The normalized spacial score (nSPS) is 12.1. The maximum Gasteiger partial charge on any atom is 0.251 e. The van der Waals surface area contributed by atoms with Crippen molar-refractivity contribution in [3.63, 3.8) is 0 Å². The monoisotopic (exact) mass is 231 g/mol. The second-order valence-corrected chi connectivity index (χ2v) is 4.56. The van der Waals surface area contributed by atoms with Gasteiger partial charge in [-0.2, -0.15) is 0 Å². The van der Waals surface area contributed by atoms with Crippen molar-refractivity contribution in [2.45, 2.75) is 13.0 Å². The lowest BCUT2D eigenvalue weighted by Crippen LogP contribution is -2.25. The fraction of sp³-hybridized carbons (Fsp3) is 0.154. The van der Waals surface area contributed by atoms with Crippen molar-refractivity contribution >= 4 is 17.2 Å². The van der Waals surface area contributed by atoms with Crippen LogP contribution in [-0.2, 0) is 0 Å². The summed E-state index contributed by atoms with van der Waals surface area (Å²) in [4.78, 5) is 13.0. The zero-order valence-electron chi connectivity index (χ0n) is 9.01. The van der Waals surface area contributed by atoms with Crippen molar-refractivity contribution in [3.05, 3.63) is 58.3 Å². The van der Waals surface area contributed by atoms with E-state index in [9.17, 15) is 4.79 Å². The van der Waals surface area contributed by atoms with E-state index in [-0.39, 0.29) is 11.9 Å². The summed E-state index contributed by atoms with van der Waals surface area (Å²) in [6, 6.07) is 13.3. The number of hydrogen-bond acceptors (Lipinski definition) is 2. The highest BCUT2D eigenvalue weighted by Crippen LogP contribution is 2.18. The number of hydrogen-bond donors (Lipinski definition) is 1. The van der Waals surface area contributed by atoms with Gasteiger partial charge >= 0.3 is 0 Å². The zero-order valence-corrected chi connectivity index (χ0v) is 9.83. The molecule has 16 heavy (non-hydrogen) atoms. The first-order valence-electron chi connectivity index (χ1n) is 5.16. The summed E-state index contributed by atoms with van der Waals surface area (Å²) in [5.41, 5.74) is 0.700. The predicted octanol–water partition coefficient (Wildman–Crippen LogP) is 3.24. The van der Waals surface area contributed by atoms with Crippen LogP contribution < -0.4 is 5.32 Å². The first-order valence-corrected chi connectivity index (χ1v) is 6.04. The molecule has 0 aliphatic rings. The molecular formula is C13H13NOS. The third-order valence-electron chi connectivity index (χ3n) is 2.35. The van der Waals surface area contributed by atoms with Crippen molar-refractivity contribution in [1.29, 1.82) is 0 Å². The topological polar surface area (TPSA) is 29.1 Å². The summed E-state index contributed by atoms with van der Waals surface area (Å²) in [7, 11) is 0. The molecule has 2 rings (SSSR count). The lowest BCUT2D eigenvalue weighted by atomic mass is 10.2. The van der Waals surface area contributed by atoms with Gasteiger partial charge in [-0.3, -0.25) is 4.79 Å². The van der Waals surface area contributed by atoms with E-state index in [4.69, 9.17) is 0 Å². The minimum absolute atomic E-state index is 0.0264. The molecule has 1 aromatic carbocycles. The number of carbonyl (C=O) groups is 1. The molecule has 82 valence electrons. The Balaban J connectivity index is 2.03. The molecule has 0 aliphatic heterocycles. The third-order valence-corrected chi connectivity index (χ3v) is 3.41. The molecule has 0 spiro atoms. The van der Waals surface area contributed by atoms with Crippen molar-refractivity contribution in [2.24, 2.45) is 0 Å². The van der Waals surface area contributed by atoms with Crippen LogP contribution in [0.25, 0.3) is 0 Å². The van der Waals surface area contributed by atoms with Crippen LogP contribution in [0.3, 0.4) is 0 Å². The smallest absolute Gasteiger partial charge is 0.251 e. The average Bonchev–Trinajstić information content (AvgIpc) is 2.83. The van der Waals surface area contributed by atoms with Crippen LogP contribution in [0.4, 0.5) is 0 Å². The highest BCUT2D eigenvalue weighted by Gasteiger charge is 2.11. The van der Waals surface area contributed by atoms with E-state index in [0.717, 1.165) is 0 Å². The van der Waals surface area contributed by atoms with Gasteiger partial charge in [-0.1, -0.05) is 24.3 Å². The number of thiophene rings is 1. The van der Waals surface area contributed by atoms with Gasteiger partial charge in [0.2, 0.25) is 0 Å². The SMILES string of the molecule is CC(NC(=O)c1ccccc1)c1cccs1. The summed E-state index contributed by atoms with van der Waals surface area (Å²) in [6.45, 7) is 1.99. The van der Waals surface area contributed by atoms with E-state index in [0.29, 0.717) is 5.56 Å². The van der Waals surface area contributed by atoms with Gasteiger partial charge in [0.1, 0.15) is 0 Å². The van der Waals surface area contributed by atoms with Gasteiger partial charge in [-0.25, -0.2) is 0 Å². The Morgan fingerprint density at radius 1 is 1.19 bits per heavy atom. The van der Waals surface area contributed by atoms with Crippen molar-refractivity contribution in [3.8, 4) is 0 Å². The van der Waals surface area contributed by atoms with Crippen molar-refractivity contribution in [2.75, 3.05) is 0 Å². The highest BCUT2D eigenvalue weighted by atomic mass is 32.1. The number of amides is 1. The van der Waals surface area contributed by atoms with Crippen LogP contribution in [0.1, 0.15) is 28.2 Å². The Morgan fingerprint density at radius 3 is 2.56 bits per heavy atom. The van der Waals surface area contributed by atoms with Gasteiger partial charge < -0.3 is 5.32 Å². The minimum atomic E-state index is -0.0264. The lowest BCUT2D eigenvalue weighted by Gasteiger charge is -2.11. The van der Waals surface area contributed by atoms with Crippen LogP contribution in [0.15, 0.2) is 47.8 Å². The molecule has 1 N–H and O–H groups in total. The van der Waals surface area contributed by atoms with E-state index in [2.05, 4.69) is 5.32 Å². The fourth-order valence-corrected chi connectivity index (χ4v) is 2.21. The van der Waals surface area contributed by atoms with Crippen molar-refractivity contribution in [1.82, 2.24) is 5.32 Å². The Kier molecular flexibility index (Phi) is 3.37. The molecule has 0 saturated carbocycles. The van der Waals surface area contributed by atoms with Gasteiger partial charge in [0.25, 0.3) is 5.91 Å². The Bertz CT molecular complexity index is 450. The maximum atomic E-state index is 11.8. The minimum Gasteiger partial charge on any atom is -0.345 e. The van der Waals surface area contributed by atoms with Gasteiger partial charge in [-0.05, 0) is 30.5 Å². The molecule has 1 unspecified atom stereocenters. The molecule has 2 aromatic rings. The summed E-state index contributed by atoms with van der Waals surface area (Å²) in [5.74, 6) is -0.0264. The molecule has 0 aliphatic carbocycles. The van der Waals surface area contributed by atoms with Gasteiger partial charge in [-0.15, -0.1) is 11.3 Å². The highest BCUT2D eigenvalue weighted by molar-refractivity contribution is 7.10. The molecule has 0 saturated heterocycles. The summed E-state index contributed by atoms with van der Waals surface area (Å²) in [5, 5.41) is 4.98. The van der Waals surface area contributed by atoms with Gasteiger partial charge in [0.05, 0.1) is 6.04 Å². The Labute approximate surface area is 98.9 Å². The molecule has 1 amide bonds. The Hall–Kier alpha value is -1.61. The van der Waals surface area contributed by atoms with E-state index in [1.165, 1.54) is 4.88 Å².